The van der Waals surface area contributed by atoms with E-state index in [1.165, 1.54) is 25.7 Å². The summed E-state index contributed by atoms with van der Waals surface area (Å²) in [7, 11) is -3.80. The molecular formula is C12H20O3S. The van der Waals surface area contributed by atoms with E-state index in [1.807, 2.05) is 0 Å². The highest BCUT2D eigenvalue weighted by atomic mass is 32.2. The van der Waals surface area contributed by atoms with Crippen LogP contribution in [0.1, 0.15) is 44.9 Å². The Morgan fingerprint density at radius 1 is 1.12 bits per heavy atom. The molecule has 0 aromatic carbocycles. The first-order chi connectivity index (χ1) is 7.46. The van der Waals surface area contributed by atoms with Gasteiger partial charge in [0.2, 0.25) is 0 Å². The first-order valence-corrected chi connectivity index (χ1v) is 8.02. The minimum atomic E-state index is -3.80. The van der Waals surface area contributed by atoms with Crippen molar-refractivity contribution in [3.05, 3.63) is 0 Å². The van der Waals surface area contributed by atoms with E-state index in [0.29, 0.717) is 0 Å². The van der Waals surface area contributed by atoms with E-state index < -0.39 is 10.1 Å². The molecule has 4 unspecified atom stereocenters. The molecule has 3 fully saturated rings. The Morgan fingerprint density at radius 3 is 2.69 bits per heavy atom. The molecule has 3 bridgehead atoms. The Morgan fingerprint density at radius 2 is 1.94 bits per heavy atom. The molecule has 92 valence electrons. The predicted molar refractivity (Wildman–Crippen MR) is 61.6 cm³/mol. The number of hydrogen-bond donors (Lipinski definition) is 1. The van der Waals surface area contributed by atoms with Crippen LogP contribution in [-0.4, -0.2) is 18.7 Å². The Balaban J connectivity index is 1.86. The van der Waals surface area contributed by atoms with Gasteiger partial charge in [0.05, 0.1) is 5.75 Å². The maximum atomic E-state index is 11.2. The smallest absolute Gasteiger partial charge is 0.265 e. The molecule has 0 aliphatic heterocycles. The quantitative estimate of drug-likeness (QED) is 0.759. The van der Waals surface area contributed by atoms with Gasteiger partial charge in [-0.1, -0.05) is 6.42 Å². The SMILES string of the molecule is O=S(=O)(O)CC12CCC3CCC(CC3C1)C2. The van der Waals surface area contributed by atoms with E-state index in [4.69, 9.17) is 4.55 Å². The summed E-state index contributed by atoms with van der Waals surface area (Å²) in [4.78, 5) is 0. The van der Waals surface area contributed by atoms with Crippen molar-refractivity contribution in [3.63, 3.8) is 0 Å². The minimum absolute atomic E-state index is 0.0136. The van der Waals surface area contributed by atoms with Gasteiger partial charge < -0.3 is 0 Å². The van der Waals surface area contributed by atoms with Crippen LogP contribution in [0.4, 0.5) is 0 Å². The Kier molecular flexibility index (Phi) is 2.38. The van der Waals surface area contributed by atoms with Gasteiger partial charge in [-0.2, -0.15) is 8.42 Å². The van der Waals surface area contributed by atoms with Crippen molar-refractivity contribution in [2.24, 2.45) is 23.2 Å². The fraction of sp³-hybridized carbons (Fsp3) is 1.00. The van der Waals surface area contributed by atoms with Gasteiger partial charge >= 0.3 is 0 Å². The largest absolute Gasteiger partial charge is 0.286 e. The van der Waals surface area contributed by atoms with Gasteiger partial charge in [-0.05, 0) is 61.7 Å². The Bertz CT molecular complexity index is 385. The van der Waals surface area contributed by atoms with Crippen LogP contribution < -0.4 is 0 Å². The second-order valence-corrected chi connectivity index (χ2v) is 7.82. The Labute approximate surface area is 97.4 Å². The van der Waals surface area contributed by atoms with Gasteiger partial charge in [0.25, 0.3) is 10.1 Å². The van der Waals surface area contributed by atoms with Crippen molar-refractivity contribution in [2.75, 3.05) is 5.75 Å². The Hall–Kier alpha value is -0.0900. The normalized spacial score (nSPS) is 46.9. The molecule has 4 heteroatoms. The minimum Gasteiger partial charge on any atom is -0.286 e. The zero-order chi connectivity index (χ0) is 11.4. The summed E-state index contributed by atoms with van der Waals surface area (Å²) in [5.74, 6) is 2.35. The molecule has 0 aromatic rings. The molecule has 0 heterocycles. The van der Waals surface area contributed by atoms with Crippen molar-refractivity contribution in [1.82, 2.24) is 0 Å². The second kappa shape index (κ2) is 3.45. The molecule has 3 saturated carbocycles. The van der Waals surface area contributed by atoms with Crippen molar-refractivity contribution in [1.29, 1.82) is 0 Å². The molecule has 0 aromatic heterocycles. The molecule has 3 rings (SSSR count). The van der Waals surface area contributed by atoms with Crippen molar-refractivity contribution in [3.8, 4) is 0 Å². The van der Waals surface area contributed by atoms with Crippen LogP contribution in [-0.2, 0) is 10.1 Å². The highest BCUT2D eigenvalue weighted by Crippen LogP contribution is 2.58. The van der Waals surface area contributed by atoms with Gasteiger partial charge in [0, 0.05) is 0 Å². The fourth-order valence-electron chi connectivity index (χ4n) is 4.76. The predicted octanol–water partition coefficient (Wildman–Crippen LogP) is 2.48. The molecule has 3 aliphatic carbocycles. The molecule has 16 heavy (non-hydrogen) atoms. The summed E-state index contributed by atoms with van der Waals surface area (Å²) in [6, 6.07) is 0. The summed E-state index contributed by atoms with van der Waals surface area (Å²) in [6.45, 7) is 0. The van der Waals surface area contributed by atoms with Crippen molar-refractivity contribution < 1.29 is 13.0 Å². The zero-order valence-electron chi connectivity index (χ0n) is 9.56. The molecular weight excluding hydrogens is 224 g/mol. The highest BCUT2D eigenvalue weighted by Gasteiger charge is 2.50. The topological polar surface area (TPSA) is 54.4 Å². The van der Waals surface area contributed by atoms with Crippen LogP contribution in [0.3, 0.4) is 0 Å². The van der Waals surface area contributed by atoms with Crippen LogP contribution in [0.5, 0.6) is 0 Å². The zero-order valence-corrected chi connectivity index (χ0v) is 10.4. The number of rotatable bonds is 2. The van der Waals surface area contributed by atoms with Gasteiger partial charge in [-0.3, -0.25) is 4.55 Å². The molecule has 0 radical (unpaired) electrons. The van der Waals surface area contributed by atoms with E-state index in [1.54, 1.807) is 0 Å². The fourth-order valence-corrected chi connectivity index (χ4v) is 5.92. The van der Waals surface area contributed by atoms with Gasteiger partial charge in [-0.15, -0.1) is 0 Å². The lowest BCUT2D eigenvalue weighted by molar-refractivity contribution is -0.0221. The lowest BCUT2D eigenvalue weighted by atomic mass is 9.52. The molecule has 0 spiro atoms. The van der Waals surface area contributed by atoms with E-state index >= 15 is 0 Å². The molecule has 0 saturated heterocycles. The average molecular weight is 244 g/mol. The summed E-state index contributed by atoms with van der Waals surface area (Å²) in [5.41, 5.74) is -0.0713. The summed E-state index contributed by atoms with van der Waals surface area (Å²) >= 11 is 0. The third kappa shape index (κ3) is 1.90. The monoisotopic (exact) mass is 244 g/mol. The van der Waals surface area contributed by atoms with Crippen molar-refractivity contribution >= 4 is 10.1 Å². The third-order valence-electron chi connectivity index (χ3n) is 5.20. The number of hydrogen-bond acceptors (Lipinski definition) is 2. The summed E-state index contributed by atoms with van der Waals surface area (Å²) in [6.07, 6.45) is 8.25. The first kappa shape index (κ1) is 11.0. The van der Waals surface area contributed by atoms with E-state index in [2.05, 4.69) is 0 Å². The van der Waals surface area contributed by atoms with Crippen LogP contribution >= 0.6 is 0 Å². The van der Waals surface area contributed by atoms with Gasteiger partial charge in [0.15, 0.2) is 0 Å². The molecule has 3 nitrogen and oxygen atoms in total. The van der Waals surface area contributed by atoms with Crippen LogP contribution in [0.15, 0.2) is 0 Å². The third-order valence-corrected chi connectivity index (χ3v) is 6.18. The molecule has 1 N–H and O–H groups in total. The summed E-state index contributed by atoms with van der Waals surface area (Å²) in [5, 5.41) is 0. The molecule has 0 amide bonds. The van der Waals surface area contributed by atoms with Crippen LogP contribution in [0.25, 0.3) is 0 Å². The van der Waals surface area contributed by atoms with Crippen LogP contribution in [0.2, 0.25) is 0 Å². The summed E-state index contributed by atoms with van der Waals surface area (Å²) < 4.78 is 31.4. The van der Waals surface area contributed by atoms with Gasteiger partial charge in [-0.25, -0.2) is 0 Å². The maximum absolute atomic E-state index is 11.2. The second-order valence-electron chi connectivity index (χ2n) is 6.37. The van der Waals surface area contributed by atoms with Crippen LogP contribution in [0, 0.1) is 23.2 Å². The van der Waals surface area contributed by atoms with E-state index in [-0.39, 0.29) is 11.2 Å². The lowest BCUT2D eigenvalue weighted by Crippen LogP contribution is -2.47. The number of fused-ring (bicyclic) bond motifs is 2. The standard InChI is InChI=1S/C12H20O3S/c13-16(14,15)8-12-4-3-10-2-1-9(6-12)5-11(10)7-12/h9-11H,1-8H2,(H,13,14,15). The maximum Gasteiger partial charge on any atom is 0.265 e. The van der Waals surface area contributed by atoms with E-state index in [9.17, 15) is 8.42 Å². The highest BCUT2D eigenvalue weighted by molar-refractivity contribution is 7.85. The first-order valence-electron chi connectivity index (χ1n) is 6.41. The molecule has 4 atom stereocenters. The van der Waals surface area contributed by atoms with Crippen molar-refractivity contribution in [2.45, 2.75) is 44.9 Å². The van der Waals surface area contributed by atoms with Gasteiger partial charge in [0.1, 0.15) is 0 Å². The molecule has 3 aliphatic rings. The average Bonchev–Trinajstić information content (AvgIpc) is 2.11. The lowest BCUT2D eigenvalue weighted by Gasteiger charge is -2.54. The van der Waals surface area contributed by atoms with E-state index in [0.717, 1.165) is 37.0 Å².